The van der Waals surface area contributed by atoms with Crippen molar-refractivity contribution in [1.82, 2.24) is 10.2 Å². The zero-order valence-electron chi connectivity index (χ0n) is 13.4. The number of nitrogens with two attached hydrogens (primary N) is 2. The normalized spacial score (nSPS) is 32.0. The topological polar surface area (TPSA) is 136 Å². The third-order valence-corrected chi connectivity index (χ3v) is 8.31. The Labute approximate surface area is 138 Å². The van der Waals surface area contributed by atoms with Gasteiger partial charge in [0.05, 0.1) is 10.5 Å². The number of nitrogens with zero attached hydrogens (tertiary/aromatic N) is 1. The first-order valence-corrected chi connectivity index (χ1v) is 11.1. The van der Waals surface area contributed by atoms with E-state index in [-0.39, 0.29) is 10.5 Å². The number of nitrogens with one attached hydrogen (secondary N) is 1. The summed E-state index contributed by atoms with van der Waals surface area (Å²) in [4.78, 5) is 2.21. The Morgan fingerprint density at radius 3 is 1.52 bits per heavy atom. The summed E-state index contributed by atoms with van der Waals surface area (Å²) in [5, 5.41) is 12.6. The summed E-state index contributed by atoms with van der Waals surface area (Å²) < 4.78 is 43.4. The van der Waals surface area contributed by atoms with Crippen molar-refractivity contribution in [2.75, 3.05) is 33.2 Å². The molecule has 0 atom stereocenters. The predicted molar refractivity (Wildman–Crippen MR) is 87.5 cm³/mol. The summed E-state index contributed by atoms with van der Waals surface area (Å²) in [6, 6.07) is 0. The Hall–Kier alpha value is -0.260. The molecule has 2 aliphatic carbocycles. The van der Waals surface area contributed by atoms with Gasteiger partial charge >= 0.3 is 0 Å². The Kier molecular flexibility index (Phi) is 4.10. The molecule has 2 aliphatic heterocycles. The first kappa shape index (κ1) is 17.6. The van der Waals surface area contributed by atoms with Gasteiger partial charge < -0.3 is 10.2 Å². The lowest BCUT2D eigenvalue weighted by atomic mass is 9.63. The number of rotatable bonds is 2. The number of hydrogen-bond donors (Lipinski definition) is 3. The lowest BCUT2D eigenvalue weighted by Gasteiger charge is -2.57. The number of hydrogen-bond acceptors (Lipinski definition) is 6. The van der Waals surface area contributed by atoms with Crippen LogP contribution in [-0.4, -0.2) is 65.5 Å². The maximum atomic E-state index is 10.9. The first-order chi connectivity index (χ1) is 10.4. The van der Waals surface area contributed by atoms with Gasteiger partial charge in [0.1, 0.15) is 0 Å². The van der Waals surface area contributed by atoms with Crippen molar-refractivity contribution in [2.24, 2.45) is 21.1 Å². The van der Waals surface area contributed by atoms with Crippen LogP contribution in [0.3, 0.4) is 0 Å². The molecule has 0 radical (unpaired) electrons. The van der Waals surface area contributed by atoms with E-state index in [1.165, 1.54) is 0 Å². The molecule has 2 saturated carbocycles. The van der Waals surface area contributed by atoms with E-state index in [0.717, 1.165) is 51.9 Å². The fourth-order valence-corrected chi connectivity index (χ4v) is 6.74. The van der Waals surface area contributed by atoms with Crippen LogP contribution in [0.15, 0.2) is 0 Å². The molecule has 2 spiro atoms. The molecule has 5 N–H and O–H groups in total. The van der Waals surface area contributed by atoms with Crippen molar-refractivity contribution in [3.05, 3.63) is 0 Å². The Bertz CT molecular complexity index is 665. The molecule has 4 aliphatic rings. The van der Waals surface area contributed by atoms with Gasteiger partial charge in [0.15, 0.2) is 0 Å². The molecular formula is C13H26N4O4S2. The summed E-state index contributed by atoms with van der Waals surface area (Å²) in [6.07, 6.45) is 3.07. The summed E-state index contributed by atoms with van der Waals surface area (Å²) in [6.45, 7) is 4.02. The molecular weight excluding hydrogens is 340 g/mol. The van der Waals surface area contributed by atoms with Crippen molar-refractivity contribution < 1.29 is 16.8 Å². The molecule has 0 aromatic carbocycles. The van der Waals surface area contributed by atoms with Crippen LogP contribution in [0.5, 0.6) is 0 Å². The van der Waals surface area contributed by atoms with Gasteiger partial charge in [-0.2, -0.15) is 0 Å². The van der Waals surface area contributed by atoms with E-state index in [1.807, 2.05) is 0 Å². The Morgan fingerprint density at radius 2 is 1.26 bits per heavy atom. The van der Waals surface area contributed by atoms with Gasteiger partial charge in [-0.05, 0) is 43.6 Å². The maximum absolute atomic E-state index is 10.9. The lowest BCUT2D eigenvalue weighted by Crippen LogP contribution is -2.64. The second kappa shape index (κ2) is 5.37. The highest BCUT2D eigenvalue weighted by atomic mass is 32.2. The van der Waals surface area contributed by atoms with Crippen LogP contribution in [-0.2, 0) is 20.0 Å². The summed E-state index contributed by atoms with van der Waals surface area (Å²) in [7, 11) is -4.44. The quantitative estimate of drug-likeness (QED) is 0.538. The molecule has 134 valence electrons. The van der Waals surface area contributed by atoms with E-state index in [2.05, 4.69) is 17.3 Å². The smallest absolute Gasteiger partial charge is 0.212 e. The zero-order valence-corrected chi connectivity index (χ0v) is 15.0. The minimum absolute atomic E-state index is 0.258. The Morgan fingerprint density at radius 1 is 0.870 bits per heavy atom. The maximum Gasteiger partial charge on any atom is 0.212 e. The van der Waals surface area contributed by atoms with Crippen LogP contribution >= 0.6 is 0 Å². The summed E-state index contributed by atoms with van der Waals surface area (Å²) in [5.41, 5.74) is 0.614. The summed E-state index contributed by atoms with van der Waals surface area (Å²) in [5.74, 6) is 0. The SMILES string of the molecule is CN1CC2(CC(S(N)(=O)=O)C2)C1.NS(=O)(=O)C1CC2(CNC2)C1. The van der Waals surface area contributed by atoms with Gasteiger partial charge in [-0.1, -0.05) is 0 Å². The van der Waals surface area contributed by atoms with Crippen LogP contribution in [0.4, 0.5) is 0 Å². The van der Waals surface area contributed by atoms with Crippen LogP contribution < -0.4 is 15.6 Å². The van der Waals surface area contributed by atoms with E-state index in [1.54, 1.807) is 0 Å². The minimum Gasteiger partial charge on any atom is -0.316 e. The molecule has 2 saturated heterocycles. The third kappa shape index (κ3) is 3.42. The van der Waals surface area contributed by atoms with E-state index in [0.29, 0.717) is 10.8 Å². The van der Waals surface area contributed by atoms with Gasteiger partial charge in [0.25, 0.3) is 0 Å². The highest BCUT2D eigenvalue weighted by Gasteiger charge is 2.54. The lowest BCUT2D eigenvalue weighted by molar-refractivity contribution is -0.0408. The molecule has 0 bridgehead atoms. The third-order valence-electron chi connectivity index (χ3n) is 5.78. The van der Waals surface area contributed by atoms with Crippen molar-refractivity contribution >= 4 is 20.0 Å². The fraction of sp³-hybridized carbons (Fsp3) is 1.00. The van der Waals surface area contributed by atoms with Crippen LogP contribution in [0.2, 0.25) is 0 Å². The monoisotopic (exact) mass is 366 g/mol. The number of primary sulfonamides is 2. The molecule has 0 unspecified atom stereocenters. The first-order valence-electron chi connectivity index (χ1n) is 7.86. The van der Waals surface area contributed by atoms with Crippen molar-refractivity contribution in [3.8, 4) is 0 Å². The summed E-state index contributed by atoms with van der Waals surface area (Å²) >= 11 is 0. The molecule has 0 aromatic rings. The molecule has 0 aromatic heterocycles. The second-order valence-electron chi connectivity index (χ2n) is 8.01. The van der Waals surface area contributed by atoms with Gasteiger partial charge in [-0.3, -0.25) is 0 Å². The highest BCUT2D eigenvalue weighted by Crippen LogP contribution is 2.49. The van der Waals surface area contributed by atoms with Gasteiger partial charge in [-0.15, -0.1) is 0 Å². The molecule has 23 heavy (non-hydrogen) atoms. The zero-order chi connectivity index (χ0) is 17.1. The van der Waals surface area contributed by atoms with Crippen molar-refractivity contribution in [1.29, 1.82) is 0 Å². The largest absolute Gasteiger partial charge is 0.316 e. The Balaban J connectivity index is 0.000000136. The van der Waals surface area contributed by atoms with Crippen LogP contribution in [0.1, 0.15) is 25.7 Å². The van der Waals surface area contributed by atoms with Crippen LogP contribution in [0, 0.1) is 10.8 Å². The number of likely N-dealkylation sites (tertiary alicyclic amines) is 1. The molecule has 2 heterocycles. The van der Waals surface area contributed by atoms with Gasteiger partial charge in [0, 0.05) is 26.2 Å². The van der Waals surface area contributed by atoms with E-state index >= 15 is 0 Å². The van der Waals surface area contributed by atoms with E-state index in [4.69, 9.17) is 10.3 Å². The molecule has 10 heteroatoms. The molecule has 0 amide bonds. The van der Waals surface area contributed by atoms with E-state index < -0.39 is 20.0 Å². The van der Waals surface area contributed by atoms with Gasteiger partial charge in [-0.25, -0.2) is 27.1 Å². The molecule has 8 nitrogen and oxygen atoms in total. The van der Waals surface area contributed by atoms with E-state index in [9.17, 15) is 16.8 Å². The van der Waals surface area contributed by atoms with Crippen LogP contribution in [0.25, 0.3) is 0 Å². The number of sulfonamides is 2. The fourth-order valence-electron chi connectivity index (χ4n) is 4.40. The average Bonchev–Trinajstić information content (AvgIpc) is 2.13. The predicted octanol–water partition coefficient (Wildman–Crippen LogP) is -1.60. The highest BCUT2D eigenvalue weighted by molar-refractivity contribution is 7.90. The molecule has 4 rings (SSSR count). The minimum atomic E-state index is -3.25. The standard InChI is InChI=1S/C7H14N2O2S.C6H12N2O2S/c1-9-4-7(5-9)2-6(3-7)12(8,10)11;7-11(9,10)5-1-6(2-5)3-8-4-6/h6H,2-5H2,1H3,(H2,8,10,11);5,8H,1-4H2,(H2,7,9,10). The van der Waals surface area contributed by atoms with Crippen molar-refractivity contribution in [2.45, 2.75) is 36.2 Å². The van der Waals surface area contributed by atoms with Crippen molar-refractivity contribution in [3.63, 3.8) is 0 Å². The van der Waals surface area contributed by atoms with Gasteiger partial charge in [0.2, 0.25) is 20.0 Å². The molecule has 4 fully saturated rings. The average molecular weight is 367 g/mol. The second-order valence-corrected chi connectivity index (χ2v) is 11.7.